The molecule has 154 valence electrons. The molecule has 0 aliphatic rings. The second-order valence-corrected chi connectivity index (χ2v) is 6.48. The van der Waals surface area contributed by atoms with Gasteiger partial charge >= 0.3 is 0 Å². The Morgan fingerprint density at radius 3 is 2.14 bits per heavy atom. The van der Waals surface area contributed by atoms with Crippen molar-refractivity contribution >= 4 is 29.9 Å². The first kappa shape index (κ1) is 22.9. The Kier molecular flexibility index (Phi) is 9.63. The molecule has 0 unspecified atom stereocenters. The van der Waals surface area contributed by atoms with Gasteiger partial charge in [-0.3, -0.25) is 0 Å². The number of guanidine groups is 1. The molecule has 0 saturated heterocycles. The maximum Gasteiger partial charge on any atom is 0.191 e. The zero-order valence-corrected chi connectivity index (χ0v) is 19.3. The SMILES string of the molecule is CCNC(=NCc1nncn1CC)NCC(c1ccccc1)c1ccccc1.I. The highest BCUT2D eigenvalue weighted by molar-refractivity contribution is 14.0. The molecule has 0 radical (unpaired) electrons. The third-order valence-corrected chi connectivity index (χ3v) is 4.64. The van der Waals surface area contributed by atoms with E-state index in [0.717, 1.165) is 31.4 Å². The molecule has 3 aromatic rings. The summed E-state index contributed by atoms with van der Waals surface area (Å²) in [6, 6.07) is 21.1. The predicted octanol–water partition coefficient (Wildman–Crippen LogP) is 3.80. The molecule has 0 fully saturated rings. The number of nitrogens with zero attached hydrogens (tertiary/aromatic N) is 4. The largest absolute Gasteiger partial charge is 0.357 e. The normalized spacial score (nSPS) is 11.2. The van der Waals surface area contributed by atoms with Gasteiger partial charge in [0.2, 0.25) is 0 Å². The van der Waals surface area contributed by atoms with Crippen molar-refractivity contribution in [2.45, 2.75) is 32.9 Å². The molecule has 0 atom stereocenters. The minimum atomic E-state index is 0. The first-order valence-corrected chi connectivity index (χ1v) is 9.80. The molecule has 0 aliphatic carbocycles. The average Bonchev–Trinajstić information content (AvgIpc) is 3.21. The van der Waals surface area contributed by atoms with E-state index in [9.17, 15) is 0 Å². The summed E-state index contributed by atoms with van der Waals surface area (Å²) < 4.78 is 2.00. The molecule has 3 rings (SSSR count). The van der Waals surface area contributed by atoms with Crippen molar-refractivity contribution < 1.29 is 0 Å². The van der Waals surface area contributed by atoms with Crippen molar-refractivity contribution in [3.05, 3.63) is 83.9 Å². The van der Waals surface area contributed by atoms with E-state index in [-0.39, 0.29) is 29.9 Å². The number of aryl methyl sites for hydroxylation is 1. The van der Waals surface area contributed by atoms with E-state index >= 15 is 0 Å². The minimum Gasteiger partial charge on any atom is -0.357 e. The van der Waals surface area contributed by atoms with E-state index in [2.05, 4.69) is 83.2 Å². The van der Waals surface area contributed by atoms with E-state index in [0.29, 0.717) is 6.54 Å². The summed E-state index contributed by atoms with van der Waals surface area (Å²) in [5.41, 5.74) is 2.56. The molecule has 0 saturated carbocycles. The topological polar surface area (TPSA) is 67.1 Å². The Hall–Kier alpha value is -2.42. The molecule has 0 amide bonds. The molecule has 0 bridgehead atoms. The smallest absolute Gasteiger partial charge is 0.191 e. The van der Waals surface area contributed by atoms with Gasteiger partial charge in [-0.2, -0.15) is 0 Å². The van der Waals surface area contributed by atoms with Crippen LogP contribution in [0, 0.1) is 0 Å². The van der Waals surface area contributed by atoms with Crippen LogP contribution < -0.4 is 10.6 Å². The monoisotopic (exact) mass is 504 g/mol. The lowest BCUT2D eigenvalue weighted by molar-refractivity contribution is 0.689. The second kappa shape index (κ2) is 12.2. The van der Waals surface area contributed by atoms with E-state index < -0.39 is 0 Å². The van der Waals surface area contributed by atoms with Gasteiger partial charge < -0.3 is 15.2 Å². The van der Waals surface area contributed by atoms with Crippen LogP contribution in [0.2, 0.25) is 0 Å². The number of aliphatic imine (C=N–C) groups is 1. The molecule has 1 aromatic heterocycles. The number of halogens is 1. The minimum absolute atomic E-state index is 0. The van der Waals surface area contributed by atoms with Gasteiger partial charge in [-0.05, 0) is 25.0 Å². The zero-order chi connectivity index (χ0) is 19.6. The molecule has 29 heavy (non-hydrogen) atoms. The quantitative estimate of drug-likeness (QED) is 0.278. The summed E-state index contributed by atoms with van der Waals surface area (Å²) in [5.74, 6) is 1.89. The van der Waals surface area contributed by atoms with Crippen LogP contribution in [0.25, 0.3) is 0 Å². The summed E-state index contributed by atoms with van der Waals surface area (Å²) in [7, 11) is 0. The van der Waals surface area contributed by atoms with Gasteiger partial charge in [-0.15, -0.1) is 34.2 Å². The average molecular weight is 504 g/mol. The molecule has 0 spiro atoms. The second-order valence-electron chi connectivity index (χ2n) is 6.48. The van der Waals surface area contributed by atoms with Gasteiger partial charge in [0.25, 0.3) is 0 Å². The first-order valence-electron chi connectivity index (χ1n) is 9.80. The number of nitrogens with one attached hydrogen (secondary N) is 2. The lowest BCUT2D eigenvalue weighted by atomic mass is 9.91. The van der Waals surface area contributed by atoms with Gasteiger partial charge in [0, 0.05) is 25.6 Å². The molecule has 2 N–H and O–H groups in total. The fourth-order valence-corrected chi connectivity index (χ4v) is 3.15. The van der Waals surface area contributed by atoms with Gasteiger partial charge in [-0.25, -0.2) is 4.99 Å². The van der Waals surface area contributed by atoms with E-state index in [1.165, 1.54) is 11.1 Å². The summed E-state index contributed by atoms with van der Waals surface area (Å²) in [6.07, 6.45) is 1.74. The number of rotatable bonds is 8. The van der Waals surface area contributed by atoms with Crippen LogP contribution >= 0.6 is 24.0 Å². The summed E-state index contributed by atoms with van der Waals surface area (Å²) in [6.45, 7) is 7.02. The molecular weight excluding hydrogens is 475 g/mol. The third-order valence-electron chi connectivity index (χ3n) is 4.64. The highest BCUT2D eigenvalue weighted by atomic mass is 127. The number of aromatic nitrogens is 3. The fourth-order valence-electron chi connectivity index (χ4n) is 3.15. The van der Waals surface area contributed by atoms with Gasteiger partial charge in [0.05, 0.1) is 0 Å². The molecular formula is C22H29IN6. The van der Waals surface area contributed by atoms with Crippen LogP contribution in [0.1, 0.15) is 36.7 Å². The zero-order valence-electron chi connectivity index (χ0n) is 17.0. The molecule has 7 heteroatoms. The first-order chi connectivity index (χ1) is 13.8. The van der Waals surface area contributed by atoms with Crippen molar-refractivity contribution in [3.63, 3.8) is 0 Å². The van der Waals surface area contributed by atoms with Crippen molar-refractivity contribution in [2.24, 2.45) is 4.99 Å². The van der Waals surface area contributed by atoms with E-state index in [1.807, 2.05) is 16.7 Å². The van der Waals surface area contributed by atoms with Gasteiger partial charge in [0.15, 0.2) is 11.8 Å². The van der Waals surface area contributed by atoms with Gasteiger partial charge in [0.1, 0.15) is 12.9 Å². The van der Waals surface area contributed by atoms with Crippen LogP contribution in [0.15, 0.2) is 72.0 Å². The van der Waals surface area contributed by atoms with Crippen LogP contribution in [0.5, 0.6) is 0 Å². The third kappa shape index (κ3) is 6.56. The van der Waals surface area contributed by atoms with Gasteiger partial charge in [-0.1, -0.05) is 60.7 Å². The number of hydrogen-bond acceptors (Lipinski definition) is 3. The highest BCUT2D eigenvalue weighted by Gasteiger charge is 2.14. The lowest BCUT2D eigenvalue weighted by Crippen LogP contribution is -2.39. The van der Waals surface area contributed by atoms with Crippen LogP contribution in [-0.2, 0) is 13.1 Å². The van der Waals surface area contributed by atoms with Crippen LogP contribution in [0.3, 0.4) is 0 Å². The van der Waals surface area contributed by atoms with Crippen molar-refractivity contribution in [3.8, 4) is 0 Å². The summed E-state index contributed by atoms with van der Waals surface area (Å²) in [5, 5.41) is 15.0. The molecule has 1 heterocycles. The highest BCUT2D eigenvalue weighted by Crippen LogP contribution is 2.23. The molecule has 0 aliphatic heterocycles. The van der Waals surface area contributed by atoms with Crippen LogP contribution in [-0.4, -0.2) is 33.8 Å². The summed E-state index contributed by atoms with van der Waals surface area (Å²) >= 11 is 0. The Morgan fingerprint density at radius 1 is 0.966 bits per heavy atom. The van der Waals surface area contributed by atoms with Crippen molar-refractivity contribution in [2.75, 3.05) is 13.1 Å². The number of benzene rings is 2. The molecule has 2 aromatic carbocycles. The maximum absolute atomic E-state index is 4.69. The Bertz CT molecular complexity index is 824. The Balaban J connectivity index is 0.00000300. The Labute approximate surface area is 189 Å². The Morgan fingerprint density at radius 2 is 1.59 bits per heavy atom. The number of hydrogen-bond donors (Lipinski definition) is 2. The predicted molar refractivity (Wildman–Crippen MR) is 129 cm³/mol. The molecule has 6 nitrogen and oxygen atoms in total. The fraction of sp³-hybridized carbons (Fsp3) is 0.318. The lowest BCUT2D eigenvalue weighted by Gasteiger charge is -2.20. The maximum atomic E-state index is 4.69. The van der Waals surface area contributed by atoms with Crippen molar-refractivity contribution in [1.82, 2.24) is 25.4 Å². The standard InChI is InChI=1S/C22H28N6.HI/c1-3-23-22(25-16-21-27-26-17-28(21)4-2)24-15-20(18-11-7-5-8-12-18)19-13-9-6-10-14-19;/h5-14,17,20H,3-4,15-16H2,1-2H3,(H2,23,24,25);1H. The van der Waals surface area contributed by atoms with Crippen LogP contribution in [0.4, 0.5) is 0 Å². The van der Waals surface area contributed by atoms with E-state index in [1.54, 1.807) is 6.33 Å². The van der Waals surface area contributed by atoms with Crippen molar-refractivity contribution in [1.29, 1.82) is 0 Å². The van der Waals surface area contributed by atoms with E-state index in [4.69, 9.17) is 4.99 Å². The summed E-state index contributed by atoms with van der Waals surface area (Å²) in [4.78, 5) is 4.69.